The topological polar surface area (TPSA) is 8.17 Å². The summed E-state index contributed by atoms with van der Waals surface area (Å²) in [5.41, 5.74) is 14.0. The van der Waals surface area contributed by atoms with Crippen molar-refractivity contribution in [1.29, 1.82) is 0 Å². The molecule has 0 aliphatic rings. The highest BCUT2D eigenvalue weighted by Crippen LogP contribution is 2.45. The van der Waals surface area contributed by atoms with E-state index in [0.29, 0.717) is 0 Å². The van der Waals surface area contributed by atoms with E-state index in [4.69, 9.17) is 0 Å². The molecular weight excluding hydrogens is 749 g/mol. The van der Waals surface area contributed by atoms with Crippen LogP contribution >= 0.6 is 0 Å². The molecule has 0 saturated carbocycles. The van der Waals surface area contributed by atoms with Crippen LogP contribution in [0.15, 0.2) is 243 Å². The van der Waals surface area contributed by atoms with E-state index in [1.54, 1.807) is 0 Å². The number of rotatable bonds is 7. The van der Waals surface area contributed by atoms with Gasteiger partial charge in [0.05, 0.1) is 11.0 Å². The molecule has 0 spiro atoms. The minimum atomic E-state index is 1.09. The molecule has 0 aliphatic heterocycles. The molecule has 0 bridgehead atoms. The maximum atomic E-state index is 2.45. The third-order valence-electron chi connectivity index (χ3n) is 12.5. The highest BCUT2D eigenvalue weighted by molar-refractivity contribution is 6.20. The maximum absolute atomic E-state index is 2.45. The fraction of sp³-hybridized carbons (Fsp3) is 0. The Bertz CT molecular complexity index is 3620. The van der Waals surface area contributed by atoms with Crippen LogP contribution in [-0.2, 0) is 0 Å². The molecule has 1 heterocycles. The molecular formula is C60H40N2. The van der Waals surface area contributed by atoms with Crippen LogP contribution in [0.1, 0.15) is 0 Å². The van der Waals surface area contributed by atoms with Crippen molar-refractivity contribution in [2.24, 2.45) is 0 Å². The Labute approximate surface area is 360 Å². The molecule has 0 aliphatic carbocycles. The van der Waals surface area contributed by atoms with Crippen LogP contribution in [0.3, 0.4) is 0 Å². The Morgan fingerprint density at radius 3 is 1.73 bits per heavy atom. The summed E-state index contributed by atoms with van der Waals surface area (Å²) in [7, 11) is 0. The van der Waals surface area contributed by atoms with Crippen molar-refractivity contribution in [2.45, 2.75) is 0 Å². The fourth-order valence-corrected chi connectivity index (χ4v) is 9.60. The number of anilines is 3. The second-order valence-electron chi connectivity index (χ2n) is 16.1. The van der Waals surface area contributed by atoms with E-state index >= 15 is 0 Å². The highest BCUT2D eigenvalue weighted by atomic mass is 15.1. The lowest BCUT2D eigenvalue weighted by Crippen LogP contribution is -2.10. The lowest BCUT2D eigenvalue weighted by Gasteiger charge is -2.27. The smallest absolute Gasteiger partial charge is 0.0625 e. The van der Waals surface area contributed by atoms with Gasteiger partial charge in [0.25, 0.3) is 0 Å². The molecule has 0 fully saturated rings. The van der Waals surface area contributed by atoms with E-state index in [0.717, 1.165) is 28.3 Å². The van der Waals surface area contributed by atoms with E-state index in [1.807, 2.05) is 0 Å². The van der Waals surface area contributed by atoms with Gasteiger partial charge in [-0.15, -0.1) is 0 Å². The standard InChI is InChI=1S/C60H40N2/c1-3-15-43(16-4-1)56-37-36-55(59-57-24-11-12-25-58(57)62(60(56)59)49-20-5-2-6-21-49)47-19-13-22-51(39-47)61(52-34-35-54-48(40-52)29-27-44-17-9-10-23-53(44)54)50-32-30-42(31-33-50)46-28-26-41-14-7-8-18-45(41)38-46/h1-40H. The molecule has 12 rings (SSSR count). The van der Waals surface area contributed by atoms with Crippen LogP contribution < -0.4 is 4.90 Å². The zero-order valence-electron chi connectivity index (χ0n) is 34.0. The lowest BCUT2D eigenvalue weighted by molar-refractivity contribution is 1.18. The SMILES string of the molecule is c1ccc(-c2ccc(-c3cccc(N(c4ccc(-c5ccc6ccccc6c5)cc4)c4ccc5c(ccc6ccccc65)c4)c3)c3c4ccccc4n(-c4ccccc4)c23)cc1. The Morgan fingerprint density at radius 2 is 0.887 bits per heavy atom. The highest BCUT2D eigenvalue weighted by Gasteiger charge is 2.21. The van der Waals surface area contributed by atoms with Crippen molar-refractivity contribution in [3.8, 4) is 39.1 Å². The molecule has 2 nitrogen and oxygen atoms in total. The summed E-state index contributed by atoms with van der Waals surface area (Å²) in [6.07, 6.45) is 0. The Kier molecular flexibility index (Phi) is 8.53. The van der Waals surface area contributed by atoms with E-state index in [-0.39, 0.29) is 0 Å². The van der Waals surface area contributed by atoms with E-state index in [1.165, 1.54) is 81.9 Å². The van der Waals surface area contributed by atoms with Crippen molar-refractivity contribution in [3.63, 3.8) is 0 Å². The van der Waals surface area contributed by atoms with Gasteiger partial charge in [-0.25, -0.2) is 0 Å². The predicted octanol–water partition coefficient (Wildman–Crippen LogP) is 16.7. The Balaban J connectivity index is 1.06. The first kappa shape index (κ1) is 35.7. The van der Waals surface area contributed by atoms with Gasteiger partial charge in [-0.05, 0) is 121 Å². The van der Waals surface area contributed by atoms with Gasteiger partial charge in [0.2, 0.25) is 0 Å². The Hall–Kier alpha value is -8.20. The second-order valence-corrected chi connectivity index (χ2v) is 16.1. The zero-order valence-corrected chi connectivity index (χ0v) is 34.0. The van der Waals surface area contributed by atoms with Crippen LogP contribution in [0.25, 0.3) is 93.2 Å². The normalized spacial score (nSPS) is 11.5. The van der Waals surface area contributed by atoms with Gasteiger partial charge >= 0.3 is 0 Å². The summed E-state index contributed by atoms with van der Waals surface area (Å²) in [4.78, 5) is 2.41. The average molecular weight is 789 g/mol. The van der Waals surface area contributed by atoms with Crippen molar-refractivity contribution in [2.75, 3.05) is 4.90 Å². The summed E-state index contributed by atoms with van der Waals surface area (Å²) in [5, 5.41) is 9.94. The summed E-state index contributed by atoms with van der Waals surface area (Å²) in [6, 6.07) is 88.6. The minimum Gasteiger partial charge on any atom is -0.310 e. The van der Waals surface area contributed by atoms with Crippen LogP contribution in [0.5, 0.6) is 0 Å². The van der Waals surface area contributed by atoms with Gasteiger partial charge in [0, 0.05) is 39.1 Å². The molecule has 0 radical (unpaired) electrons. The number of aromatic nitrogens is 1. The number of hydrogen-bond acceptors (Lipinski definition) is 1. The number of hydrogen-bond donors (Lipinski definition) is 0. The summed E-state index contributed by atoms with van der Waals surface area (Å²) < 4.78 is 2.45. The number of fused-ring (bicyclic) bond motifs is 7. The maximum Gasteiger partial charge on any atom is 0.0625 e. The molecule has 0 unspecified atom stereocenters. The zero-order chi connectivity index (χ0) is 41.0. The largest absolute Gasteiger partial charge is 0.310 e. The van der Waals surface area contributed by atoms with Gasteiger partial charge in [0.1, 0.15) is 0 Å². The van der Waals surface area contributed by atoms with Crippen molar-refractivity contribution >= 4 is 71.2 Å². The third-order valence-corrected chi connectivity index (χ3v) is 12.5. The second kappa shape index (κ2) is 14.8. The number of para-hydroxylation sites is 2. The van der Waals surface area contributed by atoms with Crippen LogP contribution in [-0.4, -0.2) is 4.57 Å². The third kappa shape index (κ3) is 6.04. The summed E-state index contributed by atoms with van der Waals surface area (Å²) >= 11 is 0. The molecule has 0 amide bonds. The lowest BCUT2D eigenvalue weighted by atomic mass is 9.94. The summed E-state index contributed by atoms with van der Waals surface area (Å²) in [6.45, 7) is 0. The molecule has 11 aromatic carbocycles. The predicted molar refractivity (Wildman–Crippen MR) is 264 cm³/mol. The monoisotopic (exact) mass is 788 g/mol. The van der Waals surface area contributed by atoms with Crippen molar-refractivity contribution < 1.29 is 0 Å². The van der Waals surface area contributed by atoms with E-state index in [2.05, 4.69) is 252 Å². The van der Waals surface area contributed by atoms with Crippen LogP contribution in [0, 0.1) is 0 Å². The molecule has 0 saturated heterocycles. The number of benzene rings is 11. The van der Waals surface area contributed by atoms with Crippen molar-refractivity contribution in [3.05, 3.63) is 243 Å². The molecule has 62 heavy (non-hydrogen) atoms. The fourth-order valence-electron chi connectivity index (χ4n) is 9.60. The molecule has 12 aromatic rings. The van der Waals surface area contributed by atoms with Crippen LogP contribution in [0.4, 0.5) is 17.1 Å². The first-order valence-corrected chi connectivity index (χ1v) is 21.3. The van der Waals surface area contributed by atoms with Crippen LogP contribution in [0.2, 0.25) is 0 Å². The van der Waals surface area contributed by atoms with E-state index < -0.39 is 0 Å². The molecule has 1 aromatic heterocycles. The molecule has 2 heteroatoms. The molecule has 0 N–H and O–H groups in total. The number of nitrogens with zero attached hydrogens (tertiary/aromatic N) is 2. The van der Waals surface area contributed by atoms with Gasteiger partial charge in [-0.1, -0.05) is 182 Å². The first-order chi connectivity index (χ1) is 30.7. The van der Waals surface area contributed by atoms with Gasteiger partial charge < -0.3 is 9.47 Å². The van der Waals surface area contributed by atoms with Gasteiger partial charge in [0.15, 0.2) is 0 Å². The quantitative estimate of drug-likeness (QED) is 0.146. The van der Waals surface area contributed by atoms with Crippen molar-refractivity contribution in [1.82, 2.24) is 4.57 Å². The molecule has 0 atom stereocenters. The first-order valence-electron chi connectivity index (χ1n) is 21.3. The summed E-state index contributed by atoms with van der Waals surface area (Å²) in [5.74, 6) is 0. The minimum absolute atomic E-state index is 1.09. The van der Waals surface area contributed by atoms with Gasteiger partial charge in [-0.3, -0.25) is 0 Å². The molecule has 290 valence electrons. The van der Waals surface area contributed by atoms with E-state index in [9.17, 15) is 0 Å². The average Bonchev–Trinajstić information content (AvgIpc) is 3.70. The Morgan fingerprint density at radius 1 is 0.290 bits per heavy atom. The van der Waals surface area contributed by atoms with Gasteiger partial charge in [-0.2, -0.15) is 0 Å².